The van der Waals surface area contributed by atoms with Crippen LogP contribution >= 0.6 is 0 Å². The van der Waals surface area contributed by atoms with Crippen molar-refractivity contribution in [2.45, 2.75) is 37.1 Å². The number of benzene rings is 1. The van der Waals surface area contributed by atoms with Gasteiger partial charge in [-0.2, -0.15) is 4.31 Å². The summed E-state index contributed by atoms with van der Waals surface area (Å²) in [4.78, 5) is 23.8. The Morgan fingerprint density at radius 3 is 2.18 bits per heavy atom. The van der Waals surface area contributed by atoms with Crippen LogP contribution < -0.4 is 5.32 Å². The molecule has 2 aliphatic rings. The van der Waals surface area contributed by atoms with E-state index in [-0.39, 0.29) is 53.1 Å². The number of carbonyl (C=O) groups excluding carboxylic acids is 2. The number of Topliss-reactive ketones (excluding diaryl/α,β-unsaturated/α-hetero) is 1. The summed E-state index contributed by atoms with van der Waals surface area (Å²) >= 11 is 0. The van der Waals surface area contributed by atoms with E-state index >= 15 is 0 Å². The van der Waals surface area contributed by atoms with Gasteiger partial charge in [0, 0.05) is 30.6 Å². The molecule has 0 spiro atoms. The van der Waals surface area contributed by atoms with Crippen molar-refractivity contribution >= 4 is 31.6 Å². The first kappa shape index (κ1) is 20.9. The Morgan fingerprint density at radius 1 is 1.07 bits per heavy atom. The average Bonchev–Trinajstić information content (AvgIpc) is 3.00. The van der Waals surface area contributed by atoms with Crippen molar-refractivity contribution in [3.8, 4) is 0 Å². The second-order valence-electron chi connectivity index (χ2n) is 7.37. The molecule has 0 unspecified atom stereocenters. The third kappa shape index (κ3) is 4.61. The minimum absolute atomic E-state index is 0.0256. The van der Waals surface area contributed by atoms with Gasteiger partial charge >= 0.3 is 0 Å². The molecule has 0 aromatic heterocycles. The first-order chi connectivity index (χ1) is 13.1. The summed E-state index contributed by atoms with van der Waals surface area (Å²) in [6, 6.07) is 5.48. The van der Waals surface area contributed by atoms with E-state index in [9.17, 15) is 26.4 Å². The third-order valence-corrected chi connectivity index (χ3v) is 8.98. The monoisotopic (exact) mass is 428 g/mol. The number of nitrogens with zero attached hydrogens (tertiary/aromatic N) is 1. The number of ketones is 1. The Morgan fingerprint density at radius 2 is 1.68 bits per heavy atom. The van der Waals surface area contributed by atoms with Crippen LogP contribution in [0.25, 0.3) is 0 Å². The lowest BCUT2D eigenvalue weighted by atomic mass is 9.97. The van der Waals surface area contributed by atoms with E-state index in [1.165, 1.54) is 35.5 Å². The summed E-state index contributed by atoms with van der Waals surface area (Å²) < 4.78 is 49.9. The van der Waals surface area contributed by atoms with E-state index < -0.39 is 19.9 Å². The molecule has 0 radical (unpaired) electrons. The number of piperidine rings is 1. The number of sulfone groups is 1. The molecule has 3 rings (SSSR count). The lowest BCUT2D eigenvalue weighted by Crippen LogP contribution is -2.45. The number of sulfonamides is 1. The van der Waals surface area contributed by atoms with Gasteiger partial charge in [-0.05, 0) is 38.3 Å². The van der Waals surface area contributed by atoms with Crippen LogP contribution in [0.4, 0.5) is 0 Å². The van der Waals surface area contributed by atoms with Crippen LogP contribution in [0.15, 0.2) is 29.2 Å². The SMILES string of the molecule is CC(=O)c1ccc(S(=O)(=O)N2CCC(C(=O)N[C@@H]3CCS(=O)(=O)C3)CC2)cc1. The Bertz CT molecular complexity index is 962. The first-order valence-corrected chi connectivity index (χ1v) is 12.5. The van der Waals surface area contributed by atoms with Gasteiger partial charge in [0.25, 0.3) is 0 Å². The number of hydrogen-bond acceptors (Lipinski definition) is 6. The second-order valence-corrected chi connectivity index (χ2v) is 11.5. The van der Waals surface area contributed by atoms with Gasteiger partial charge in [0.2, 0.25) is 15.9 Å². The van der Waals surface area contributed by atoms with Gasteiger partial charge in [-0.1, -0.05) is 12.1 Å². The van der Waals surface area contributed by atoms with E-state index in [4.69, 9.17) is 0 Å². The molecule has 1 N–H and O–H groups in total. The second kappa shape index (κ2) is 7.92. The number of carbonyl (C=O) groups is 2. The van der Waals surface area contributed by atoms with Gasteiger partial charge in [0.1, 0.15) is 0 Å². The molecule has 0 saturated carbocycles. The molecule has 28 heavy (non-hydrogen) atoms. The van der Waals surface area contributed by atoms with Crippen molar-refractivity contribution < 1.29 is 26.4 Å². The van der Waals surface area contributed by atoms with Crippen molar-refractivity contribution in [1.29, 1.82) is 0 Å². The van der Waals surface area contributed by atoms with Crippen LogP contribution in [0, 0.1) is 5.92 Å². The molecule has 154 valence electrons. The number of rotatable bonds is 5. The summed E-state index contributed by atoms with van der Waals surface area (Å²) in [5.41, 5.74) is 0.447. The quantitative estimate of drug-likeness (QED) is 0.686. The lowest BCUT2D eigenvalue weighted by molar-refractivity contribution is -0.126. The fourth-order valence-corrected chi connectivity index (χ4v) is 6.74. The molecule has 2 aliphatic heterocycles. The molecular formula is C18H24N2O6S2. The van der Waals surface area contributed by atoms with Crippen molar-refractivity contribution in [3.05, 3.63) is 29.8 Å². The Labute approximate surface area is 165 Å². The highest BCUT2D eigenvalue weighted by Crippen LogP contribution is 2.25. The van der Waals surface area contributed by atoms with Crippen LogP contribution in [0.5, 0.6) is 0 Å². The molecule has 10 heteroatoms. The predicted octanol–water partition coefficient (Wildman–Crippen LogP) is 0.593. The van der Waals surface area contributed by atoms with E-state index in [2.05, 4.69) is 5.32 Å². The largest absolute Gasteiger partial charge is 0.352 e. The summed E-state index contributed by atoms with van der Waals surface area (Å²) in [5, 5.41) is 2.79. The van der Waals surface area contributed by atoms with Crippen LogP contribution in [0.2, 0.25) is 0 Å². The van der Waals surface area contributed by atoms with Gasteiger partial charge in [0.05, 0.1) is 16.4 Å². The molecule has 8 nitrogen and oxygen atoms in total. The highest BCUT2D eigenvalue weighted by atomic mass is 32.2. The molecule has 2 fully saturated rings. The summed E-state index contributed by atoms with van der Waals surface area (Å²) in [7, 11) is -6.74. The van der Waals surface area contributed by atoms with E-state index in [1.807, 2.05) is 0 Å². The molecule has 2 saturated heterocycles. The third-order valence-electron chi connectivity index (χ3n) is 5.30. The Kier molecular flexibility index (Phi) is 5.92. The van der Waals surface area contributed by atoms with E-state index in [0.29, 0.717) is 24.8 Å². The molecule has 0 aliphatic carbocycles. The summed E-state index contributed by atoms with van der Waals surface area (Å²) in [6.45, 7) is 1.86. The van der Waals surface area contributed by atoms with Crippen molar-refractivity contribution in [1.82, 2.24) is 9.62 Å². The van der Waals surface area contributed by atoms with E-state index in [1.54, 1.807) is 0 Å². The maximum atomic E-state index is 12.8. The van der Waals surface area contributed by atoms with Crippen LogP contribution in [0.3, 0.4) is 0 Å². The standard InChI is InChI=1S/C18H24N2O6S2/c1-13(21)14-2-4-17(5-3-14)28(25,26)20-9-6-15(7-10-20)18(22)19-16-8-11-27(23,24)12-16/h2-5,15-16H,6-12H2,1H3,(H,19,22)/t16-/m1/s1. The zero-order chi connectivity index (χ0) is 20.5. The topological polar surface area (TPSA) is 118 Å². The zero-order valence-electron chi connectivity index (χ0n) is 15.6. The smallest absolute Gasteiger partial charge is 0.243 e. The number of nitrogens with one attached hydrogen (secondary N) is 1. The lowest BCUT2D eigenvalue weighted by Gasteiger charge is -2.31. The fraction of sp³-hybridized carbons (Fsp3) is 0.556. The van der Waals surface area contributed by atoms with Gasteiger partial charge in [-0.15, -0.1) is 0 Å². The molecule has 1 amide bonds. The normalized spacial score (nSPS) is 23.4. The number of hydrogen-bond donors (Lipinski definition) is 1. The Hall–Kier alpha value is -1.78. The van der Waals surface area contributed by atoms with Crippen LogP contribution in [0.1, 0.15) is 36.5 Å². The van der Waals surface area contributed by atoms with Crippen molar-refractivity contribution in [3.63, 3.8) is 0 Å². The molecule has 1 aromatic carbocycles. The molecular weight excluding hydrogens is 404 g/mol. The first-order valence-electron chi connectivity index (χ1n) is 9.20. The molecule has 2 heterocycles. The van der Waals surface area contributed by atoms with Crippen molar-refractivity contribution in [2.24, 2.45) is 5.92 Å². The minimum atomic E-state index is -3.68. The van der Waals surface area contributed by atoms with Crippen molar-refractivity contribution in [2.75, 3.05) is 24.6 Å². The summed E-state index contributed by atoms with van der Waals surface area (Å²) in [6.07, 6.45) is 1.20. The Balaban J connectivity index is 1.58. The maximum Gasteiger partial charge on any atom is 0.243 e. The number of amides is 1. The molecule has 1 aromatic rings. The van der Waals surface area contributed by atoms with Gasteiger partial charge in [0.15, 0.2) is 15.6 Å². The molecule has 0 bridgehead atoms. The summed E-state index contributed by atoms with van der Waals surface area (Å²) in [5.74, 6) is -0.593. The van der Waals surface area contributed by atoms with Gasteiger partial charge in [-0.25, -0.2) is 16.8 Å². The predicted molar refractivity (Wildman–Crippen MR) is 103 cm³/mol. The highest BCUT2D eigenvalue weighted by Gasteiger charge is 2.34. The van der Waals surface area contributed by atoms with Crippen LogP contribution in [-0.4, -0.2) is 63.5 Å². The highest BCUT2D eigenvalue weighted by molar-refractivity contribution is 7.91. The van der Waals surface area contributed by atoms with Crippen LogP contribution in [-0.2, 0) is 24.7 Å². The average molecular weight is 429 g/mol. The maximum absolute atomic E-state index is 12.8. The van der Waals surface area contributed by atoms with E-state index in [0.717, 1.165) is 0 Å². The molecule has 1 atom stereocenters. The van der Waals surface area contributed by atoms with Gasteiger partial charge < -0.3 is 5.32 Å². The zero-order valence-corrected chi connectivity index (χ0v) is 17.3. The fourth-order valence-electron chi connectivity index (χ4n) is 3.60. The van der Waals surface area contributed by atoms with Gasteiger partial charge in [-0.3, -0.25) is 9.59 Å². The minimum Gasteiger partial charge on any atom is -0.352 e.